The number of carbonyl (C=O) groups is 2. The van der Waals surface area contributed by atoms with E-state index in [9.17, 15) is 9.59 Å². The maximum atomic E-state index is 12.9. The molecule has 2 amide bonds. The number of fused-ring (bicyclic) bond motifs is 1. The van der Waals surface area contributed by atoms with E-state index in [4.69, 9.17) is 9.72 Å². The van der Waals surface area contributed by atoms with E-state index < -0.39 is 0 Å². The molecule has 5 rings (SSSR count). The summed E-state index contributed by atoms with van der Waals surface area (Å²) in [6.07, 6.45) is 9.30. The highest BCUT2D eigenvalue weighted by Gasteiger charge is 2.26. The van der Waals surface area contributed by atoms with Crippen LogP contribution < -0.4 is 10.2 Å². The van der Waals surface area contributed by atoms with Gasteiger partial charge in [0, 0.05) is 44.8 Å². The third-order valence-corrected chi connectivity index (χ3v) is 7.28. The summed E-state index contributed by atoms with van der Waals surface area (Å²) in [4.78, 5) is 44.8. The number of ether oxygens (including phenoxy) is 1. The predicted molar refractivity (Wildman–Crippen MR) is 146 cm³/mol. The van der Waals surface area contributed by atoms with Crippen LogP contribution in [0, 0.1) is 0 Å². The van der Waals surface area contributed by atoms with Crippen molar-refractivity contribution in [2.24, 2.45) is 0 Å². The average Bonchev–Trinajstić information content (AvgIpc) is 3.56. The lowest BCUT2D eigenvalue weighted by Gasteiger charge is -2.25. The van der Waals surface area contributed by atoms with Crippen molar-refractivity contribution in [2.75, 3.05) is 57.6 Å². The van der Waals surface area contributed by atoms with Crippen LogP contribution in [0.25, 0.3) is 11.0 Å². The number of likely N-dealkylation sites (N-methyl/N-ethyl adjacent to an activating group) is 1. The SMILES string of the molecule is CN1CCCCN(c2ccc(Nc3ncc4cc(C(=O)N(C)C)n(C5CCCC5)c4n3)nc2)C(=O)OCC1. The number of anilines is 3. The maximum Gasteiger partial charge on any atom is 0.414 e. The van der Waals surface area contributed by atoms with Gasteiger partial charge in [-0.3, -0.25) is 9.69 Å². The molecule has 38 heavy (non-hydrogen) atoms. The summed E-state index contributed by atoms with van der Waals surface area (Å²) in [7, 11) is 5.57. The van der Waals surface area contributed by atoms with Crippen LogP contribution in [0.2, 0.25) is 0 Å². The molecule has 0 radical (unpaired) electrons. The Morgan fingerprint density at radius 2 is 1.84 bits per heavy atom. The number of hydrogen-bond donors (Lipinski definition) is 1. The fraction of sp³-hybridized carbons (Fsp3) is 0.519. The van der Waals surface area contributed by atoms with Crippen LogP contribution >= 0.6 is 0 Å². The number of cyclic esters (lactones) is 1. The first-order chi connectivity index (χ1) is 18.4. The van der Waals surface area contributed by atoms with Crippen molar-refractivity contribution in [1.29, 1.82) is 0 Å². The second-order valence-electron chi connectivity index (χ2n) is 10.3. The van der Waals surface area contributed by atoms with Gasteiger partial charge in [0.15, 0.2) is 0 Å². The molecule has 0 aromatic carbocycles. The fourth-order valence-corrected chi connectivity index (χ4v) is 5.18. The Balaban J connectivity index is 1.36. The van der Waals surface area contributed by atoms with E-state index in [1.807, 2.05) is 19.2 Å². The second kappa shape index (κ2) is 11.3. The third-order valence-electron chi connectivity index (χ3n) is 7.28. The standard InChI is InChI=1S/C27H36N8O3/c1-32(2)25(36)22-16-19-17-29-26(31-24(19)35(22)20-8-4-5-9-20)30-23-11-10-21(18-28-23)34-13-7-6-12-33(3)14-15-38-27(34)37/h10-11,16-18,20H,4-9,12-15H2,1-3H3,(H,28,29,30,31). The largest absolute Gasteiger partial charge is 0.448 e. The highest BCUT2D eigenvalue weighted by Crippen LogP contribution is 2.35. The van der Waals surface area contributed by atoms with E-state index in [0.717, 1.165) is 62.6 Å². The quantitative estimate of drug-likeness (QED) is 0.537. The molecule has 3 aromatic heterocycles. The van der Waals surface area contributed by atoms with Gasteiger partial charge in [-0.15, -0.1) is 0 Å². The third kappa shape index (κ3) is 5.57. The molecule has 1 aliphatic heterocycles. The van der Waals surface area contributed by atoms with E-state index in [-0.39, 0.29) is 18.0 Å². The maximum absolute atomic E-state index is 12.9. The molecule has 0 spiro atoms. The van der Waals surface area contributed by atoms with Crippen LogP contribution in [-0.4, -0.2) is 88.7 Å². The molecule has 1 saturated carbocycles. The van der Waals surface area contributed by atoms with Gasteiger partial charge in [-0.2, -0.15) is 4.98 Å². The predicted octanol–water partition coefficient (Wildman–Crippen LogP) is 4.06. The smallest absolute Gasteiger partial charge is 0.414 e. The van der Waals surface area contributed by atoms with Gasteiger partial charge in [0.25, 0.3) is 5.91 Å². The molecule has 2 aliphatic rings. The topological polar surface area (TPSA) is 109 Å². The van der Waals surface area contributed by atoms with Gasteiger partial charge in [0.05, 0.1) is 11.9 Å². The second-order valence-corrected chi connectivity index (χ2v) is 10.3. The number of hydrogen-bond acceptors (Lipinski definition) is 8. The summed E-state index contributed by atoms with van der Waals surface area (Å²) in [6.45, 7) is 2.64. The lowest BCUT2D eigenvalue weighted by atomic mass is 10.2. The molecular weight excluding hydrogens is 484 g/mol. The first-order valence-corrected chi connectivity index (χ1v) is 13.4. The average molecular weight is 521 g/mol. The van der Waals surface area contributed by atoms with Crippen molar-refractivity contribution in [1.82, 2.24) is 29.3 Å². The normalized spacial score (nSPS) is 18.0. The molecule has 1 saturated heterocycles. The minimum atomic E-state index is -0.354. The molecule has 2 fully saturated rings. The highest BCUT2D eigenvalue weighted by molar-refractivity contribution is 5.98. The lowest BCUT2D eigenvalue weighted by molar-refractivity contribution is 0.0815. The van der Waals surface area contributed by atoms with Gasteiger partial charge >= 0.3 is 6.09 Å². The van der Waals surface area contributed by atoms with Crippen molar-refractivity contribution in [3.8, 4) is 0 Å². The molecule has 0 atom stereocenters. The van der Waals surface area contributed by atoms with Crippen molar-refractivity contribution in [2.45, 2.75) is 44.6 Å². The van der Waals surface area contributed by atoms with Crippen molar-refractivity contribution in [3.05, 3.63) is 36.3 Å². The summed E-state index contributed by atoms with van der Waals surface area (Å²) < 4.78 is 7.55. The fourth-order valence-electron chi connectivity index (χ4n) is 5.18. The van der Waals surface area contributed by atoms with Crippen LogP contribution in [0.3, 0.4) is 0 Å². The first-order valence-electron chi connectivity index (χ1n) is 13.4. The van der Waals surface area contributed by atoms with Crippen LogP contribution in [0.5, 0.6) is 0 Å². The molecule has 4 heterocycles. The number of pyridine rings is 1. The Morgan fingerprint density at radius 3 is 2.58 bits per heavy atom. The number of nitrogens with zero attached hydrogens (tertiary/aromatic N) is 7. The van der Waals surface area contributed by atoms with Crippen LogP contribution in [0.4, 0.5) is 22.2 Å². The molecule has 3 aromatic rings. The molecule has 0 bridgehead atoms. The number of amides is 2. The first kappa shape index (κ1) is 25.9. The van der Waals surface area contributed by atoms with Crippen molar-refractivity contribution < 1.29 is 14.3 Å². The van der Waals surface area contributed by atoms with E-state index >= 15 is 0 Å². The summed E-state index contributed by atoms with van der Waals surface area (Å²) in [5.74, 6) is 0.928. The Bertz CT molecular complexity index is 1280. The summed E-state index contributed by atoms with van der Waals surface area (Å²) in [5, 5.41) is 4.02. The molecule has 11 nitrogen and oxygen atoms in total. The van der Waals surface area contributed by atoms with Crippen molar-refractivity contribution in [3.63, 3.8) is 0 Å². The minimum Gasteiger partial charge on any atom is -0.448 e. The summed E-state index contributed by atoms with van der Waals surface area (Å²) >= 11 is 0. The molecule has 202 valence electrons. The van der Waals surface area contributed by atoms with Gasteiger partial charge in [-0.1, -0.05) is 12.8 Å². The number of nitrogens with one attached hydrogen (secondary N) is 1. The Morgan fingerprint density at radius 1 is 1.05 bits per heavy atom. The zero-order valence-corrected chi connectivity index (χ0v) is 22.4. The van der Waals surface area contributed by atoms with Gasteiger partial charge < -0.3 is 24.4 Å². The van der Waals surface area contributed by atoms with Crippen LogP contribution in [0.1, 0.15) is 55.1 Å². The van der Waals surface area contributed by atoms with E-state index in [1.165, 1.54) is 0 Å². The van der Waals surface area contributed by atoms with Gasteiger partial charge in [0.2, 0.25) is 5.95 Å². The van der Waals surface area contributed by atoms with Gasteiger partial charge in [0.1, 0.15) is 23.8 Å². The Labute approximate surface area is 222 Å². The minimum absolute atomic E-state index is 0.0391. The zero-order valence-electron chi connectivity index (χ0n) is 22.4. The summed E-state index contributed by atoms with van der Waals surface area (Å²) in [5.41, 5.74) is 2.08. The van der Waals surface area contributed by atoms with E-state index in [0.29, 0.717) is 36.3 Å². The Hall–Kier alpha value is -3.73. The monoisotopic (exact) mass is 520 g/mol. The van der Waals surface area contributed by atoms with E-state index in [2.05, 4.69) is 24.8 Å². The number of aromatic nitrogens is 4. The van der Waals surface area contributed by atoms with E-state index in [1.54, 1.807) is 42.4 Å². The highest BCUT2D eigenvalue weighted by atomic mass is 16.6. The molecule has 1 N–H and O–H groups in total. The lowest BCUT2D eigenvalue weighted by Crippen LogP contribution is -2.36. The number of carbonyl (C=O) groups excluding carboxylic acids is 2. The molecule has 0 unspecified atom stereocenters. The number of rotatable bonds is 5. The molecule has 11 heteroatoms. The zero-order chi connectivity index (χ0) is 26.6. The molecule has 1 aliphatic carbocycles. The van der Waals surface area contributed by atoms with Crippen molar-refractivity contribution >= 4 is 40.5 Å². The van der Waals surface area contributed by atoms with Gasteiger partial charge in [-0.05, 0) is 57.5 Å². The Kier molecular flexibility index (Phi) is 7.73. The summed E-state index contributed by atoms with van der Waals surface area (Å²) in [6, 6.07) is 5.79. The van der Waals surface area contributed by atoms with Gasteiger partial charge in [-0.25, -0.2) is 14.8 Å². The molecular formula is C27H36N8O3. The van der Waals surface area contributed by atoms with Crippen LogP contribution in [-0.2, 0) is 4.74 Å². The van der Waals surface area contributed by atoms with Crippen LogP contribution in [0.15, 0.2) is 30.6 Å².